The third-order valence-corrected chi connectivity index (χ3v) is 2.33. The molecule has 0 fully saturated rings. The standard InChI is InChI=1S/C13H17FN2O/c1-3-12(16-15)10(2)8-9-17-13-7-5-4-6-11(13)14/h3-8,16H,9,15H2,1-2H3/b10-8-,12-3+. The van der Waals surface area contributed by atoms with Crippen molar-refractivity contribution in [2.75, 3.05) is 6.61 Å². The van der Waals surface area contributed by atoms with Gasteiger partial charge in [-0.1, -0.05) is 18.2 Å². The first-order valence-corrected chi connectivity index (χ1v) is 5.36. The predicted molar refractivity (Wildman–Crippen MR) is 66.7 cm³/mol. The molecule has 0 atom stereocenters. The van der Waals surface area contributed by atoms with Crippen LogP contribution >= 0.6 is 0 Å². The highest BCUT2D eigenvalue weighted by Gasteiger charge is 2.00. The third-order valence-electron chi connectivity index (χ3n) is 2.33. The minimum atomic E-state index is -0.359. The minimum absolute atomic E-state index is 0.249. The molecule has 3 N–H and O–H groups in total. The molecule has 1 rings (SSSR count). The average molecular weight is 236 g/mol. The fourth-order valence-electron chi connectivity index (χ4n) is 1.35. The zero-order valence-electron chi connectivity index (χ0n) is 10.0. The lowest BCUT2D eigenvalue weighted by Crippen LogP contribution is -2.21. The highest BCUT2D eigenvalue weighted by Crippen LogP contribution is 2.15. The Morgan fingerprint density at radius 1 is 1.47 bits per heavy atom. The van der Waals surface area contributed by atoms with Crippen molar-refractivity contribution >= 4 is 0 Å². The number of nitrogens with two attached hydrogens (primary N) is 1. The van der Waals surface area contributed by atoms with E-state index < -0.39 is 0 Å². The Labute approximate surface area is 101 Å². The van der Waals surface area contributed by atoms with Crippen molar-refractivity contribution in [1.29, 1.82) is 0 Å². The molecule has 0 unspecified atom stereocenters. The van der Waals surface area contributed by atoms with E-state index in [1.165, 1.54) is 6.07 Å². The van der Waals surface area contributed by atoms with Crippen molar-refractivity contribution in [2.45, 2.75) is 13.8 Å². The highest BCUT2D eigenvalue weighted by atomic mass is 19.1. The predicted octanol–water partition coefficient (Wildman–Crippen LogP) is 2.52. The molecule has 0 amide bonds. The SMILES string of the molecule is C/C=C(NN)\C(C)=C/COc1ccccc1F. The smallest absolute Gasteiger partial charge is 0.165 e. The van der Waals surface area contributed by atoms with Gasteiger partial charge in [-0.25, -0.2) is 4.39 Å². The second-order valence-corrected chi connectivity index (χ2v) is 3.48. The van der Waals surface area contributed by atoms with Crippen molar-refractivity contribution in [3.8, 4) is 5.75 Å². The molecular formula is C13H17FN2O. The molecule has 0 aliphatic rings. The van der Waals surface area contributed by atoms with Crippen LogP contribution in [0, 0.1) is 5.82 Å². The van der Waals surface area contributed by atoms with Gasteiger partial charge in [-0.2, -0.15) is 0 Å². The molecule has 17 heavy (non-hydrogen) atoms. The number of hydrazine groups is 1. The summed E-state index contributed by atoms with van der Waals surface area (Å²) in [5.41, 5.74) is 4.35. The fraction of sp³-hybridized carbons (Fsp3) is 0.231. The summed E-state index contributed by atoms with van der Waals surface area (Å²) in [7, 11) is 0. The van der Waals surface area contributed by atoms with Gasteiger partial charge < -0.3 is 10.2 Å². The van der Waals surface area contributed by atoms with E-state index in [0.717, 1.165) is 11.3 Å². The molecule has 1 aromatic rings. The Morgan fingerprint density at radius 2 is 2.18 bits per heavy atom. The van der Waals surface area contributed by atoms with E-state index in [2.05, 4.69) is 5.43 Å². The number of benzene rings is 1. The van der Waals surface area contributed by atoms with Gasteiger partial charge in [0, 0.05) is 5.70 Å². The molecule has 0 aliphatic carbocycles. The van der Waals surface area contributed by atoms with E-state index in [1.54, 1.807) is 18.2 Å². The number of hydrogen-bond acceptors (Lipinski definition) is 3. The number of halogens is 1. The molecular weight excluding hydrogens is 219 g/mol. The van der Waals surface area contributed by atoms with Gasteiger partial charge in [0.2, 0.25) is 0 Å². The number of allylic oxidation sites excluding steroid dienone is 2. The summed E-state index contributed by atoms with van der Waals surface area (Å²) in [6.45, 7) is 4.08. The van der Waals surface area contributed by atoms with Gasteiger partial charge in [0.05, 0.1) is 0 Å². The summed E-state index contributed by atoms with van der Waals surface area (Å²) < 4.78 is 18.5. The quantitative estimate of drug-likeness (QED) is 0.469. The number of rotatable bonds is 5. The normalized spacial score (nSPS) is 12.5. The largest absolute Gasteiger partial charge is 0.486 e. The number of para-hydroxylation sites is 1. The van der Waals surface area contributed by atoms with Gasteiger partial charge in [-0.3, -0.25) is 5.84 Å². The number of ether oxygens (including phenoxy) is 1. The zero-order valence-corrected chi connectivity index (χ0v) is 10.0. The Kier molecular flexibility index (Phi) is 5.23. The Balaban J connectivity index is 2.58. The van der Waals surface area contributed by atoms with Crippen molar-refractivity contribution in [3.05, 3.63) is 53.5 Å². The molecule has 0 saturated carbocycles. The van der Waals surface area contributed by atoms with Gasteiger partial charge >= 0.3 is 0 Å². The molecule has 0 bridgehead atoms. The topological polar surface area (TPSA) is 47.3 Å². The fourth-order valence-corrected chi connectivity index (χ4v) is 1.35. The average Bonchev–Trinajstić information content (AvgIpc) is 2.33. The monoisotopic (exact) mass is 236 g/mol. The lowest BCUT2D eigenvalue weighted by Gasteiger charge is -2.08. The second kappa shape index (κ2) is 6.70. The van der Waals surface area contributed by atoms with Gasteiger partial charge in [0.25, 0.3) is 0 Å². The van der Waals surface area contributed by atoms with Crippen LogP contribution in [0.5, 0.6) is 5.75 Å². The van der Waals surface area contributed by atoms with E-state index in [4.69, 9.17) is 10.6 Å². The van der Waals surface area contributed by atoms with Gasteiger partial charge in [0.1, 0.15) is 6.61 Å². The summed E-state index contributed by atoms with van der Waals surface area (Å²) in [5.74, 6) is 5.22. The molecule has 3 nitrogen and oxygen atoms in total. The Bertz CT molecular complexity index is 427. The van der Waals surface area contributed by atoms with E-state index in [0.29, 0.717) is 6.61 Å². The zero-order chi connectivity index (χ0) is 12.7. The molecule has 0 aliphatic heterocycles. The van der Waals surface area contributed by atoms with Crippen LogP contribution in [-0.4, -0.2) is 6.61 Å². The summed E-state index contributed by atoms with van der Waals surface area (Å²) in [5, 5.41) is 0. The molecule has 0 heterocycles. The first-order chi connectivity index (χ1) is 8.19. The van der Waals surface area contributed by atoms with Gasteiger partial charge in [-0.05, 0) is 37.6 Å². The van der Waals surface area contributed by atoms with Crippen molar-refractivity contribution in [1.82, 2.24) is 5.43 Å². The third kappa shape index (κ3) is 3.92. The van der Waals surface area contributed by atoms with E-state index in [1.807, 2.05) is 26.0 Å². The van der Waals surface area contributed by atoms with Crippen LogP contribution in [0.4, 0.5) is 4.39 Å². The molecule has 92 valence electrons. The summed E-state index contributed by atoms with van der Waals surface area (Å²) in [4.78, 5) is 0. The lowest BCUT2D eigenvalue weighted by atomic mass is 10.2. The Hall–Kier alpha value is -1.81. The van der Waals surface area contributed by atoms with Crippen LogP contribution < -0.4 is 16.0 Å². The van der Waals surface area contributed by atoms with Crippen LogP contribution in [0.2, 0.25) is 0 Å². The second-order valence-electron chi connectivity index (χ2n) is 3.48. The summed E-state index contributed by atoms with van der Waals surface area (Å²) in [6, 6.07) is 6.31. The lowest BCUT2D eigenvalue weighted by molar-refractivity contribution is 0.341. The summed E-state index contributed by atoms with van der Waals surface area (Å²) in [6.07, 6.45) is 3.69. The van der Waals surface area contributed by atoms with Gasteiger partial charge in [0.15, 0.2) is 11.6 Å². The molecule has 0 radical (unpaired) electrons. The van der Waals surface area contributed by atoms with Gasteiger partial charge in [-0.15, -0.1) is 0 Å². The molecule has 0 spiro atoms. The van der Waals surface area contributed by atoms with Crippen LogP contribution in [0.3, 0.4) is 0 Å². The van der Waals surface area contributed by atoms with Crippen molar-refractivity contribution in [3.63, 3.8) is 0 Å². The maximum Gasteiger partial charge on any atom is 0.165 e. The van der Waals surface area contributed by atoms with E-state index in [9.17, 15) is 4.39 Å². The maximum absolute atomic E-state index is 13.2. The number of hydrogen-bond donors (Lipinski definition) is 2. The molecule has 0 saturated heterocycles. The number of nitrogens with one attached hydrogen (secondary N) is 1. The molecule has 4 heteroatoms. The first kappa shape index (κ1) is 13.3. The van der Waals surface area contributed by atoms with Crippen LogP contribution in [0.1, 0.15) is 13.8 Å². The van der Waals surface area contributed by atoms with Crippen molar-refractivity contribution < 1.29 is 9.13 Å². The van der Waals surface area contributed by atoms with E-state index in [-0.39, 0.29) is 11.6 Å². The first-order valence-electron chi connectivity index (χ1n) is 5.36. The summed E-state index contributed by atoms with van der Waals surface area (Å²) >= 11 is 0. The van der Waals surface area contributed by atoms with E-state index >= 15 is 0 Å². The maximum atomic E-state index is 13.2. The Morgan fingerprint density at radius 3 is 2.76 bits per heavy atom. The van der Waals surface area contributed by atoms with Crippen LogP contribution in [-0.2, 0) is 0 Å². The highest BCUT2D eigenvalue weighted by molar-refractivity contribution is 5.27. The minimum Gasteiger partial charge on any atom is -0.486 e. The van der Waals surface area contributed by atoms with Crippen LogP contribution in [0.15, 0.2) is 47.7 Å². The molecule has 0 aromatic heterocycles. The van der Waals surface area contributed by atoms with Crippen molar-refractivity contribution in [2.24, 2.45) is 5.84 Å². The molecule has 1 aromatic carbocycles. The van der Waals surface area contributed by atoms with Crippen LogP contribution in [0.25, 0.3) is 0 Å².